The van der Waals surface area contributed by atoms with E-state index in [2.05, 4.69) is 18.7 Å². The Morgan fingerprint density at radius 3 is 2.72 bits per heavy atom. The van der Waals surface area contributed by atoms with Crippen molar-refractivity contribution in [2.24, 2.45) is 0 Å². The summed E-state index contributed by atoms with van der Waals surface area (Å²) in [4.78, 5) is 13.2. The zero-order valence-corrected chi connectivity index (χ0v) is 10.9. The Bertz CT molecular complexity index is 412. The molecule has 0 saturated carbocycles. The topological polar surface area (TPSA) is 42.1 Å². The Morgan fingerprint density at radius 2 is 2.17 bits per heavy atom. The van der Waals surface area contributed by atoms with Gasteiger partial charge in [0.2, 0.25) is 0 Å². The molecule has 1 aromatic carbocycles. The van der Waals surface area contributed by atoms with Crippen molar-refractivity contribution < 1.29 is 14.3 Å². The Labute approximate surface area is 107 Å². The molecule has 0 amide bonds. The van der Waals surface area contributed by atoms with E-state index in [-0.39, 0.29) is 6.10 Å². The molecular formula is C14H19NO3. The summed E-state index contributed by atoms with van der Waals surface area (Å²) in [5, 5.41) is 0. The summed E-state index contributed by atoms with van der Waals surface area (Å²) in [6.45, 7) is 7.35. The van der Waals surface area contributed by atoms with Gasteiger partial charge in [-0.1, -0.05) is 0 Å². The maximum atomic E-state index is 11.0. The number of nitrogens with zero attached hydrogens (tertiary/aromatic N) is 1. The highest BCUT2D eigenvalue weighted by Crippen LogP contribution is 2.25. The molecule has 1 aliphatic heterocycles. The second-order valence-electron chi connectivity index (χ2n) is 4.28. The average molecular weight is 249 g/mol. The van der Waals surface area contributed by atoms with Gasteiger partial charge in [-0.3, -0.25) is 4.79 Å². The van der Waals surface area contributed by atoms with Gasteiger partial charge in [-0.2, -0.15) is 0 Å². The van der Waals surface area contributed by atoms with Crippen molar-refractivity contribution in [2.75, 3.05) is 31.2 Å². The van der Waals surface area contributed by atoms with Crippen LogP contribution >= 0.6 is 0 Å². The number of rotatable bonds is 7. The number of epoxide rings is 1. The Kier molecular flexibility index (Phi) is 4.20. The van der Waals surface area contributed by atoms with E-state index in [1.165, 1.54) is 0 Å². The van der Waals surface area contributed by atoms with E-state index >= 15 is 0 Å². The zero-order chi connectivity index (χ0) is 13.0. The van der Waals surface area contributed by atoms with Crippen LogP contribution in [0.1, 0.15) is 24.2 Å². The number of hydrogen-bond acceptors (Lipinski definition) is 4. The minimum Gasteiger partial charge on any atom is -0.490 e. The summed E-state index contributed by atoms with van der Waals surface area (Å²) in [6.07, 6.45) is 1.02. The van der Waals surface area contributed by atoms with Crippen molar-refractivity contribution >= 4 is 12.0 Å². The molecule has 1 atom stereocenters. The monoisotopic (exact) mass is 249 g/mol. The number of carbonyl (C=O) groups excluding carboxylic acids is 1. The SMILES string of the molecule is CCN(CC)c1ccc(C=O)c(OCC2CO2)c1. The van der Waals surface area contributed by atoms with Crippen molar-refractivity contribution in [1.82, 2.24) is 0 Å². The van der Waals surface area contributed by atoms with Crippen LogP contribution in [0.15, 0.2) is 18.2 Å². The molecule has 98 valence electrons. The third-order valence-corrected chi connectivity index (χ3v) is 3.08. The summed E-state index contributed by atoms with van der Waals surface area (Å²) in [5.41, 5.74) is 1.67. The molecule has 4 heteroatoms. The molecular weight excluding hydrogens is 230 g/mol. The van der Waals surface area contributed by atoms with Gasteiger partial charge >= 0.3 is 0 Å². The summed E-state index contributed by atoms with van der Waals surface area (Å²) >= 11 is 0. The first kappa shape index (κ1) is 12.9. The molecule has 0 bridgehead atoms. The van der Waals surface area contributed by atoms with Crippen molar-refractivity contribution in [3.05, 3.63) is 23.8 Å². The first-order valence-electron chi connectivity index (χ1n) is 6.37. The van der Waals surface area contributed by atoms with Crippen molar-refractivity contribution in [2.45, 2.75) is 20.0 Å². The fraction of sp³-hybridized carbons (Fsp3) is 0.500. The zero-order valence-electron chi connectivity index (χ0n) is 10.9. The molecule has 1 unspecified atom stereocenters. The third-order valence-electron chi connectivity index (χ3n) is 3.08. The predicted molar refractivity (Wildman–Crippen MR) is 70.6 cm³/mol. The van der Waals surface area contributed by atoms with Crippen LogP contribution in [0.2, 0.25) is 0 Å². The molecule has 0 radical (unpaired) electrons. The maximum absolute atomic E-state index is 11.0. The first-order chi connectivity index (χ1) is 8.78. The van der Waals surface area contributed by atoms with E-state index in [1.54, 1.807) is 0 Å². The highest BCUT2D eigenvalue weighted by atomic mass is 16.6. The molecule has 1 fully saturated rings. The maximum Gasteiger partial charge on any atom is 0.153 e. The van der Waals surface area contributed by atoms with Crippen molar-refractivity contribution in [1.29, 1.82) is 0 Å². The van der Waals surface area contributed by atoms with E-state index in [4.69, 9.17) is 9.47 Å². The lowest BCUT2D eigenvalue weighted by molar-refractivity contribution is 0.111. The average Bonchev–Trinajstić information content (AvgIpc) is 3.22. The number of benzene rings is 1. The Hall–Kier alpha value is -1.55. The lowest BCUT2D eigenvalue weighted by atomic mass is 10.2. The minimum absolute atomic E-state index is 0.196. The van der Waals surface area contributed by atoms with Crippen LogP contribution in [0.5, 0.6) is 5.75 Å². The van der Waals surface area contributed by atoms with Gasteiger partial charge in [-0.05, 0) is 26.0 Å². The number of hydrogen-bond donors (Lipinski definition) is 0. The number of anilines is 1. The predicted octanol–water partition coefficient (Wildman–Crippen LogP) is 2.12. The van der Waals surface area contributed by atoms with Gasteiger partial charge in [-0.15, -0.1) is 0 Å². The van der Waals surface area contributed by atoms with Gasteiger partial charge in [0, 0.05) is 24.8 Å². The normalized spacial score (nSPS) is 17.3. The quantitative estimate of drug-likeness (QED) is 0.548. The van der Waals surface area contributed by atoms with Crippen LogP contribution < -0.4 is 9.64 Å². The van der Waals surface area contributed by atoms with Crippen LogP contribution in [0, 0.1) is 0 Å². The summed E-state index contributed by atoms with van der Waals surface area (Å²) in [7, 11) is 0. The fourth-order valence-corrected chi connectivity index (χ4v) is 1.88. The van der Waals surface area contributed by atoms with E-state index in [0.29, 0.717) is 17.9 Å². The Balaban J connectivity index is 2.16. The van der Waals surface area contributed by atoms with E-state index < -0.39 is 0 Å². The first-order valence-corrected chi connectivity index (χ1v) is 6.37. The van der Waals surface area contributed by atoms with Crippen LogP contribution in [0.4, 0.5) is 5.69 Å². The number of ether oxygens (including phenoxy) is 2. The van der Waals surface area contributed by atoms with E-state index in [1.807, 2.05) is 18.2 Å². The summed E-state index contributed by atoms with van der Waals surface area (Å²) in [5.74, 6) is 0.643. The fourth-order valence-electron chi connectivity index (χ4n) is 1.88. The molecule has 0 N–H and O–H groups in total. The molecule has 0 spiro atoms. The highest BCUT2D eigenvalue weighted by Gasteiger charge is 2.23. The van der Waals surface area contributed by atoms with Gasteiger partial charge < -0.3 is 14.4 Å². The van der Waals surface area contributed by atoms with Crippen LogP contribution in [-0.4, -0.2) is 38.7 Å². The molecule has 1 aromatic rings. The van der Waals surface area contributed by atoms with Crippen molar-refractivity contribution in [3.63, 3.8) is 0 Å². The van der Waals surface area contributed by atoms with E-state index in [0.717, 1.165) is 31.7 Å². The van der Waals surface area contributed by atoms with Gasteiger partial charge in [-0.25, -0.2) is 0 Å². The second kappa shape index (κ2) is 5.87. The third kappa shape index (κ3) is 3.01. The van der Waals surface area contributed by atoms with Gasteiger partial charge in [0.15, 0.2) is 6.29 Å². The summed E-state index contributed by atoms with van der Waals surface area (Å²) < 4.78 is 10.7. The summed E-state index contributed by atoms with van der Waals surface area (Å²) in [6, 6.07) is 5.69. The van der Waals surface area contributed by atoms with Gasteiger partial charge in [0.25, 0.3) is 0 Å². The van der Waals surface area contributed by atoms with Crippen LogP contribution in [-0.2, 0) is 4.74 Å². The lowest BCUT2D eigenvalue weighted by Crippen LogP contribution is -2.21. The lowest BCUT2D eigenvalue weighted by Gasteiger charge is -2.22. The molecule has 2 rings (SSSR count). The second-order valence-corrected chi connectivity index (χ2v) is 4.28. The minimum atomic E-state index is 0.196. The van der Waals surface area contributed by atoms with E-state index in [9.17, 15) is 4.79 Å². The standard InChI is InChI=1S/C14H19NO3/c1-3-15(4-2)12-6-5-11(8-16)14(7-12)18-10-13-9-17-13/h5-8,13H,3-4,9-10H2,1-2H3. The Morgan fingerprint density at radius 1 is 1.44 bits per heavy atom. The molecule has 0 aliphatic carbocycles. The molecule has 1 heterocycles. The van der Waals surface area contributed by atoms with Crippen LogP contribution in [0.3, 0.4) is 0 Å². The number of carbonyl (C=O) groups is 1. The molecule has 1 aliphatic rings. The highest BCUT2D eigenvalue weighted by molar-refractivity contribution is 5.80. The van der Waals surface area contributed by atoms with Crippen LogP contribution in [0.25, 0.3) is 0 Å². The molecule has 18 heavy (non-hydrogen) atoms. The largest absolute Gasteiger partial charge is 0.490 e. The molecule has 4 nitrogen and oxygen atoms in total. The van der Waals surface area contributed by atoms with Gasteiger partial charge in [0.05, 0.1) is 12.2 Å². The van der Waals surface area contributed by atoms with Gasteiger partial charge in [0.1, 0.15) is 18.5 Å². The molecule has 0 aromatic heterocycles. The molecule has 1 saturated heterocycles. The smallest absolute Gasteiger partial charge is 0.153 e. The van der Waals surface area contributed by atoms with Crippen molar-refractivity contribution in [3.8, 4) is 5.75 Å². The number of aldehydes is 1.